The Bertz CT molecular complexity index is 685. The number of methoxy groups -OCH3 is 1. The van der Waals surface area contributed by atoms with Crippen LogP contribution in [0.15, 0.2) is 24.3 Å². The number of aromatic nitrogens is 2. The van der Waals surface area contributed by atoms with Crippen molar-refractivity contribution in [2.75, 3.05) is 25.6 Å². The summed E-state index contributed by atoms with van der Waals surface area (Å²) in [4.78, 5) is 0. The van der Waals surface area contributed by atoms with Crippen LogP contribution >= 0.6 is 23.8 Å². The molecule has 5 nitrogen and oxygen atoms in total. The van der Waals surface area contributed by atoms with Gasteiger partial charge in [-0.25, -0.2) is 0 Å². The van der Waals surface area contributed by atoms with E-state index in [0.717, 1.165) is 40.6 Å². The van der Waals surface area contributed by atoms with Crippen LogP contribution in [0.1, 0.15) is 23.4 Å². The summed E-state index contributed by atoms with van der Waals surface area (Å²) in [7, 11) is 1.69. The number of hydrogen-bond acceptors (Lipinski definition) is 3. The van der Waals surface area contributed by atoms with E-state index in [2.05, 4.69) is 15.7 Å². The molecule has 2 rings (SSSR count). The topological polar surface area (TPSA) is 51.1 Å². The lowest BCUT2D eigenvalue weighted by atomic mass is 10.2. The average molecular weight is 367 g/mol. The van der Waals surface area contributed by atoms with Crippen molar-refractivity contribution in [1.29, 1.82) is 0 Å². The Labute approximate surface area is 153 Å². The number of halogens is 1. The lowest BCUT2D eigenvalue weighted by Crippen LogP contribution is -2.30. The van der Waals surface area contributed by atoms with Crippen LogP contribution < -0.4 is 10.6 Å². The van der Waals surface area contributed by atoms with Gasteiger partial charge in [0, 0.05) is 25.3 Å². The van der Waals surface area contributed by atoms with Crippen LogP contribution in [0.4, 0.5) is 5.69 Å². The number of nitrogens with zero attached hydrogens (tertiary/aromatic N) is 2. The standard InChI is InChI=1S/C17H23ClN4OS/c1-12-16(20-17(24)19-9-4-10-23-3)13(2)22(21-12)11-14-5-7-15(18)8-6-14/h5-8H,4,9-11H2,1-3H3,(H2,19,20,24). The number of ether oxygens (including phenoxy) is 1. The van der Waals surface area contributed by atoms with Gasteiger partial charge in [-0.15, -0.1) is 0 Å². The third-order valence-electron chi connectivity index (χ3n) is 3.68. The average Bonchev–Trinajstić information content (AvgIpc) is 2.81. The Morgan fingerprint density at radius 2 is 2.00 bits per heavy atom. The van der Waals surface area contributed by atoms with Crippen LogP contribution in [0.2, 0.25) is 5.02 Å². The molecule has 1 aromatic heterocycles. The maximum Gasteiger partial charge on any atom is 0.170 e. The second-order valence-corrected chi connectivity index (χ2v) is 6.40. The lowest BCUT2D eigenvalue weighted by Gasteiger charge is -2.11. The van der Waals surface area contributed by atoms with Gasteiger partial charge >= 0.3 is 0 Å². The molecule has 0 saturated heterocycles. The zero-order chi connectivity index (χ0) is 17.5. The Morgan fingerprint density at radius 1 is 1.29 bits per heavy atom. The van der Waals surface area contributed by atoms with E-state index >= 15 is 0 Å². The number of aryl methyl sites for hydroxylation is 1. The zero-order valence-corrected chi connectivity index (χ0v) is 15.8. The van der Waals surface area contributed by atoms with E-state index in [1.54, 1.807) is 7.11 Å². The van der Waals surface area contributed by atoms with E-state index in [1.807, 2.05) is 42.8 Å². The number of anilines is 1. The molecule has 0 aliphatic carbocycles. The van der Waals surface area contributed by atoms with Gasteiger partial charge in [-0.1, -0.05) is 23.7 Å². The molecule has 7 heteroatoms. The minimum absolute atomic E-state index is 0.600. The zero-order valence-electron chi connectivity index (χ0n) is 14.2. The number of thiocarbonyl (C=S) groups is 1. The maximum absolute atomic E-state index is 5.93. The summed E-state index contributed by atoms with van der Waals surface area (Å²) in [5, 5.41) is 12.4. The fourth-order valence-electron chi connectivity index (χ4n) is 2.37. The van der Waals surface area contributed by atoms with Crippen molar-refractivity contribution in [2.45, 2.75) is 26.8 Å². The predicted molar refractivity (Wildman–Crippen MR) is 103 cm³/mol. The molecule has 2 aromatic rings. The summed E-state index contributed by atoms with van der Waals surface area (Å²) in [6, 6.07) is 7.80. The molecule has 1 heterocycles. The molecular weight excluding hydrogens is 344 g/mol. The first-order valence-corrected chi connectivity index (χ1v) is 8.62. The third-order valence-corrected chi connectivity index (χ3v) is 4.17. The second kappa shape index (κ2) is 9.01. The first-order valence-electron chi connectivity index (χ1n) is 7.83. The highest BCUT2D eigenvalue weighted by Gasteiger charge is 2.13. The summed E-state index contributed by atoms with van der Waals surface area (Å²) in [6.45, 7) is 6.19. The summed E-state index contributed by atoms with van der Waals surface area (Å²) in [6.07, 6.45) is 0.909. The van der Waals surface area contributed by atoms with Gasteiger partial charge in [0.2, 0.25) is 0 Å². The molecule has 0 spiro atoms. The highest BCUT2D eigenvalue weighted by Crippen LogP contribution is 2.20. The van der Waals surface area contributed by atoms with Crippen molar-refractivity contribution in [2.24, 2.45) is 0 Å². The largest absolute Gasteiger partial charge is 0.385 e. The molecule has 0 bridgehead atoms. The van der Waals surface area contributed by atoms with Gasteiger partial charge < -0.3 is 15.4 Å². The second-order valence-electron chi connectivity index (χ2n) is 5.56. The summed E-state index contributed by atoms with van der Waals surface area (Å²) < 4.78 is 6.99. The fraction of sp³-hybridized carbons (Fsp3) is 0.412. The van der Waals surface area contributed by atoms with Gasteiger partial charge in [-0.2, -0.15) is 5.10 Å². The fourth-order valence-corrected chi connectivity index (χ4v) is 2.70. The van der Waals surface area contributed by atoms with Crippen molar-refractivity contribution in [3.05, 3.63) is 46.2 Å². The van der Waals surface area contributed by atoms with Gasteiger partial charge in [0.15, 0.2) is 5.11 Å². The van der Waals surface area contributed by atoms with E-state index in [0.29, 0.717) is 18.3 Å². The molecule has 2 N–H and O–H groups in total. The van der Waals surface area contributed by atoms with E-state index in [1.165, 1.54) is 0 Å². The van der Waals surface area contributed by atoms with Crippen molar-refractivity contribution in [3.63, 3.8) is 0 Å². The molecule has 0 amide bonds. The number of benzene rings is 1. The van der Waals surface area contributed by atoms with E-state index in [-0.39, 0.29) is 0 Å². The number of hydrogen-bond donors (Lipinski definition) is 2. The summed E-state index contributed by atoms with van der Waals surface area (Å²) >= 11 is 11.3. The van der Waals surface area contributed by atoms with Crippen LogP contribution in [-0.2, 0) is 11.3 Å². The Kier molecular flexibility index (Phi) is 7.02. The summed E-state index contributed by atoms with van der Waals surface area (Å²) in [5.41, 5.74) is 4.07. The molecular formula is C17H23ClN4OS. The predicted octanol–water partition coefficient (Wildman–Crippen LogP) is 3.52. The molecule has 0 unspecified atom stereocenters. The van der Waals surface area contributed by atoms with Crippen molar-refractivity contribution in [3.8, 4) is 0 Å². The van der Waals surface area contributed by atoms with Gasteiger partial charge in [0.05, 0.1) is 23.6 Å². The Morgan fingerprint density at radius 3 is 2.67 bits per heavy atom. The van der Waals surface area contributed by atoms with Crippen LogP contribution in [0.25, 0.3) is 0 Å². The van der Waals surface area contributed by atoms with Gasteiger partial charge in [-0.05, 0) is 50.2 Å². The van der Waals surface area contributed by atoms with Crippen LogP contribution in [0.3, 0.4) is 0 Å². The van der Waals surface area contributed by atoms with Crippen LogP contribution in [0, 0.1) is 13.8 Å². The summed E-state index contributed by atoms with van der Waals surface area (Å²) in [5.74, 6) is 0. The molecule has 0 atom stereocenters. The van der Waals surface area contributed by atoms with Crippen molar-refractivity contribution >= 4 is 34.6 Å². The van der Waals surface area contributed by atoms with Crippen LogP contribution in [0.5, 0.6) is 0 Å². The van der Waals surface area contributed by atoms with E-state index in [4.69, 9.17) is 28.6 Å². The molecule has 0 saturated carbocycles. The molecule has 24 heavy (non-hydrogen) atoms. The highest BCUT2D eigenvalue weighted by atomic mass is 35.5. The Balaban J connectivity index is 2.00. The Hall–Kier alpha value is -1.63. The number of nitrogens with one attached hydrogen (secondary N) is 2. The monoisotopic (exact) mass is 366 g/mol. The smallest absolute Gasteiger partial charge is 0.170 e. The van der Waals surface area contributed by atoms with Gasteiger partial charge in [0.1, 0.15) is 0 Å². The van der Waals surface area contributed by atoms with E-state index in [9.17, 15) is 0 Å². The quantitative estimate of drug-likeness (QED) is 0.580. The number of rotatable bonds is 7. The third kappa shape index (κ3) is 5.19. The highest BCUT2D eigenvalue weighted by molar-refractivity contribution is 7.80. The molecule has 1 aromatic carbocycles. The first-order chi connectivity index (χ1) is 11.5. The van der Waals surface area contributed by atoms with Gasteiger partial charge in [0.25, 0.3) is 0 Å². The van der Waals surface area contributed by atoms with Crippen molar-refractivity contribution < 1.29 is 4.74 Å². The van der Waals surface area contributed by atoms with Crippen molar-refractivity contribution in [1.82, 2.24) is 15.1 Å². The molecule has 0 aliphatic heterocycles. The van der Waals surface area contributed by atoms with E-state index < -0.39 is 0 Å². The lowest BCUT2D eigenvalue weighted by molar-refractivity contribution is 0.196. The maximum atomic E-state index is 5.93. The van der Waals surface area contributed by atoms with Crippen LogP contribution in [-0.4, -0.2) is 35.2 Å². The molecule has 0 aliphatic rings. The minimum Gasteiger partial charge on any atom is -0.385 e. The molecule has 0 radical (unpaired) electrons. The first kappa shape index (κ1) is 18.7. The normalized spacial score (nSPS) is 10.7. The minimum atomic E-state index is 0.600. The van der Waals surface area contributed by atoms with Gasteiger partial charge in [-0.3, -0.25) is 4.68 Å². The SMILES string of the molecule is COCCCNC(=S)Nc1c(C)nn(Cc2ccc(Cl)cc2)c1C. The molecule has 130 valence electrons. The molecule has 0 fully saturated rings.